The number of nitriles is 1. The van der Waals surface area contributed by atoms with Crippen molar-refractivity contribution in [3.63, 3.8) is 0 Å². The lowest BCUT2D eigenvalue weighted by Gasteiger charge is -2.14. The van der Waals surface area contributed by atoms with E-state index in [0.29, 0.717) is 11.3 Å². The van der Waals surface area contributed by atoms with Crippen molar-refractivity contribution >= 4 is 21.9 Å². The van der Waals surface area contributed by atoms with Crippen molar-refractivity contribution in [2.24, 2.45) is 5.41 Å². The minimum absolute atomic E-state index is 0.209. The SMILES string of the molecule is CC(C)(C#N)Cn1nc(N)nc1Br. The first-order chi connectivity index (χ1) is 5.94. The molecule has 0 saturated heterocycles. The summed E-state index contributed by atoms with van der Waals surface area (Å²) in [5.41, 5.74) is 4.91. The largest absolute Gasteiger partial charge is 0.366 e. The Morgan fingerprint density at radius 1 is 1.69 bits per heavy atom. The maximum atomic E-state index is 8.79. The van der Waals surface area contributed by atoms with Crippen LogP contribution in [-0.4, -0.2) is 14.8 Å². The lowest BCUT2D eigenvalue weighted by molar-refractivity contribution is 0.379. The summed E-state index contributed by atoms with van der Waals surface area (Å²) in [6.45, 7) is 4.13. The van der Waals surface area contributed by atoms with E-state index >= 15 is 0 Å². The Morgan fingerprint density at radius 2 is 2.31 bits per heavy atom. The van der Waals surface area contributed by atoms with E-state index in [1.54, 1.807) is 4.68 Å². The molecule has 6 heteroatoms. The average molecular weight is 244 g/mol. The number of hydrogen-bond acceptors (Lipinski definition) is 4. The maximum absolute atomic E-state index is 8.79. The van der Waals surface area contributed by atoms with Crippen molar-refractivity contribution in [3.05, 3.63) is 4.73 Å². The second kappa shape index (κ2) is 3.34. The molecule has 1 heterocycles. The fraction of sp³-hybridized carbons (Fsp3) is 0.571. The molecule has 1 aromatic heterocycles. The monoisotopic (exact) mass is 243 g/mol. The molecule has 0 aliphatic carbocycles. The van der Waals surface area contributed by atoms with Gasteiger partial charge in [0, 0.05) is 0 Å². The van der Waals surface area contributed by atoms with Crippen LogP contribution in [0.5, 0.6) is 0 Å². The summed E-state index contributed by atoms with van der Waals surface area (Å²) in [4.78, 5) is 3.87. The molecule has 0 saturated carbocycles. The molecule has 2 N–H and O–H groups in total. The normalized spacial score (nSPS) is 11.2. The predicted octanol–water partition coefficient (Wildman–Crippen LogP) is 1.17. The Bertz CT molecular complexity index is 348. The maximum Gasteiger partial charge on any atom is 0.240 e. The number of nitrogens with zero attached hydrogens (tertiary/aromatic N) is 4. The van der Waals surface area contributed by atoms with Crippen LogP contribution in [0, 0.1) is 16.7 Å². The summed E-state index contributed by atoms with van der Waals surface area (Å²) in [5, 5.41) is 12.7. The smallest absolute Gasteiger partial charge is 0.240 e. The van der Waals surface area contributed by atoms with E-state index in [1.807, 2.05) is 13.8 Å². The first kappa shape index (κ1) is 9.99. The highest BCUT2D eigenvalue weighted by Gasteiger charge is 2.19. The standard InChI is InChI=1S/C7H10BrN5/c1-7(2,3-9)4-13-5(8)11-6(10)12-13/h4H2,1-2H3,(H2,10,12). The van der Waals surface area contributed by atoms with Gasteiger partial charge in [-0.2, -0.15) is 10.2 Å². The summed E-state index contributed by atoms with van der Waals surface area (Å²) in [6, 6.07) is 2.18. The summed E-state index contributed by atoms with van der Waals surface area (Å²) >= 11 is 3.20. The van der Waals surface area contributed by atoms with E-state index in [1.165, 1.54) is 0 Å². The number of rotatable bonds is 2. The van der Waals surface area contributed by atoms with E-state index in [4.69, 9.17) is 11.0 Å². The highest BCUT2D eigenvalue weighted by atomic mass is 79.9. The Balaban J connectivity index is 2.87. The van der Waals surface area contributed by atoms with Gasteiger partial charge in [-0.15, -0.1) is 5.10 Å². The Kier molecular flexibility index (Phi) is 2.57. The molecule has 1 aromatic rings. The van der Waals surface area contributed by atoms with E-state index in [-0.39, 0.29) is 5.95 Å². The van der Waals surface area contributed by atoms with Crippen molar-refractivity contribution in [2.75, 3.05) is 5.73 Å². The van der Waals surface area contributed by atoms with Crippen molar-refractivity contribution in [3.8, 4) is 6.07 Å². The van der Waals surface area contributed by atoms with Crippen LogP contribution in [0.1, 0.15) is 13.8 Å². The Morgan fingerprint density at radius 3 is 2.69 bits per heavy atom. The van der Waals surface area contributed by atoms with Gasteiger partial charge in [-0.1, -0.05) is 0 Å². The minimum atomic E-state index is -0.470. The van der Waals surface area contributed by atoms with Gasteiger partial charge in [0.15, 0.2) is 4.73 Å². The first-order valence-electron chi connectivity index (χ1n) is 3.72. The third-order valence-corrected chi connectivity index (χ3v) is 2.08. The molecule has 0 radical (unpaired) electrons. The second-order valence-electron chi connectivity index (χ2n) is 3.39. The molecule has 0 unspecified atom stereocenters. The van der Waals surface area contributed by atoms with Crippen LogP contribution in [0.25, 0.3) is 0 Å². The average Bonchev–Trinajstić information content (AvgIpc) is 2.30. The van der Waals surface area contributed by atoms with Crippen LogP contribution in [0.15, 0.2) is 4.73 Å². The van der Waals surface area contributed by atoms with Gasteiger partial charge in [0.2, 0.25) is 5.95 Å². The molecule has 0 spiro atoms. The van der Waals surface area contributed by atoms with Gasteiger partial charge in [0.1, 0.15) is 0 Å². The van der Waals surface area contributed by atoms with Gasteiger partial charge in [0.25, 0.3) is 0 Å². The summed E-state index contributed by atoms with van der Waals surface area (Å²) in [5.74, 6) is 0.209. The minimum Gasteiger partial charge on any atom is -0.366 e. The number of anilines is 1. The molecule has 5 nitrogen and oxygen atoms in total. The van der Waals surface area contributed by atoms with Gasteiger partial charge in [-0.3, -0.25) is 0 Å². The van der Waals surface area contributed by atoms with E-state index in [2.05, 4.69) is 32.1 Å². The third kappa shape index (κ3) is 2.42. The highest BCUT2D eigenvalue weighted by molar-refractivity contribution is 9.10. The zero-order valence-corrected chi connectivity index (χ0v) is 9.04. The molecular weight excluding hydrogens is 234 g/mol. The van der Waals surface area contributed by atoms with Gasteiger partial charge in [-0.05, 0) is 29.8 Å². The molecule has 13 heavy (non-hydrogen) atoms. The molecule has 0 aromatic carbocycles. The Labute approximate surface area is 84.7 Å². The lowest BCUT2D eigenvalue weighted by Crippen LogP contribution is -2.18. The molecule has 1 rings (SSSR count). The van der Waals surface area contributed by atoms with Crippen LogP contribution in [0.3, 0.4) is 0 Å². The summed E-state index contributed by atoms with van der Waals surface area (Å²) < 4.78 is 2.12. The first-order valence-corrected chi connectivity index (χ1v) is 4.51. The van der Waals surface area contributed by atoms with Crippen LogP contribution in [-0.2, 0) is 6.54 Å². The fourth-order valence-corrected chi connectivity index (χ4v) is 1.24. The van der Waals surface area contributed by atoms with Crippen molar-refractivity contribution < 1.29 is 0 Å². The van der Waals surface area contributed by atoms with Crippen LogP contribution in [0.4, 0.5) is 5.95 Å². The van der Waals surface area contributed by atoms with Gasteiger partial charge in [-0.25, -0.2) is 4.68 Å². The van der Waals surface area contributed by atoms with E-state index < -0.39 is 5.41 Å². The topological polar surface area (TPSA) is 80.5 Å². The van der Waals surface area contributed by atoms with Crippen molar-refractivity contribution in [1.82, 2.24) is 14.8 Å². The molecule has 0 bridgehead atoms. The van der Waals surface area contributed by atoms with Crippen molar-refractivity contribution in [1.29, 1.82) is 5.26 Å². The fourth-order valence-electron chi connectivity index (χ4n) is 0.850. The lowest BCUT2D eigenvalue weighted by atomic mass is 9.96. The quantitative estimate of drug-likeness (QED) is 0.846. The zero-order valence-electron chi connectivity index (χ0n) is 7.45. The summed E-state index contributed by atoms with van der Waals surface area (Å²) in [6.07, 6.45) is 0. The molecule has 0 aliphatic rings. The van der Waals surface area contributed by atoms with Crippen molar-refractivity contribution in [2.45, 2.75) is 20.4 Å². The van der Waals surface area contributed by atoms with Crippen LogP contribution < -0.4 is 5.73 Å². The number of hydrogen-bond donors (Lipinski definition) is 1. The molecule has 0 aliphatic heterocycles. The second-order valence-corrected chi connectivity index (χ2v) is 4.10. The van der Waals surface area contributed by atoms with E-state index in [0.717, 1.165) is 0 Å². The highest BCUT2D eigenvalue weighted by Crippen LogP contribution is 2.19. The van der Waals surface area contributed by atoms with Crippen LogP contribution >= 0.6 is 15.9 Å². The Hall–Kier alpha value is -1.09. The van der Waals surface area contributed by atoms with Crippen LogP contribution in [0.2, 0.25) is 0 Å². The number of nitrogens with two attached hydrogens (primary N) is 1. The predicted molar refractivity (Wildman–Crippen MR) is 51.5 cm³/mol. The number of nitrogen functional groups attached to an aromatic ring is 1. The molecule has 0 atom stereocenters. The third-order valence-electron chi connectivity index (χ3n) is 1.49. The zero-order chi connectivity index (χ0) is 10.1. The molecule has 70 valence electrons. The van der Waals surface area contributed by atoms with Gasteiger partial charge < -0.3 is 5.73 Å². The van der Waals surface area contributed by atoms with Gasteiger partial charge >= 0.3 is 0 Å². The number of aromatic nitrogens is 3. The number of halogens is 1. The van der Waals surface area contributed by atoms with E-state index in [9.17, 15) is 0 Å². The molecule has 0 fully saturated rings. The summed E-state index contributed by atoms with van der Waals surface area (Å²) in [7, 11) is 0. The molecular formula is C7H10BrN5. The van der Waals surface area contributed by atoms with Gasteiger partial charge in [0.05, 0.1) is 18.0 Å². The molecule has 0 amide bonds.